The first kappa shape index (κ1) is 18.5. The molecule has 0 saturated carbocycles. The first-order valence-corrected chi connectivity index (χ1v) is 10.3. The van der Waals surface area contributed by atoms with E-state index in [1.807, 2.05) is 30.5 Å². The van der Waals surface area contributed by atoms with Crippen molar-refractivity contribution in [1.29, 1.82) is 0 Å². The Morgan fingerprint density at radius 2 is 2.00 bits per heavy atom. The summed E-state index contributed by atoms with van der Waals surface area (Å²) in [5, 5.41) is 8.93. The van der Waals surface area contributed by atoms with Gasteiger partial charge in [-0.1, -0.05) is 48.0 Å². The van der Waals surface area contributed by atoms with Gasteiger partial charge >= 0.3 is 0 Å². The monoisotopic (exact) mass is 394 g/mol. The molecule has 2 aliphatic rings. The number of anilines is 1. The molecule has 144 valence electrons. The summed E-state index contributed by atoms with van der Waals surface area (Å²) in [6.07, 6.45) is 3.15. The van der Waals surface area contributed by atoms with Crippen molar-refractivity contribution in [2.45, 2.75) is 32.4 Å². The average molecular weight is 394 g/mol. The van der Waals surface area contributed by atoms with Crippen LogP contribution in [0.5, 0.6) is 0 Å². The van der Waals surface area contributed by atoms with Crippen molar-refractivity contribution in [3.8, 4) is 0 Å². The number of nitrogens with zero attached hydrogens (tertiary/aromatic N) is 1. The minimum absolute atomic E-state index is 0.171. The number of carbonyl (C=O) groups is 2. The van der Waals surface area contributed by atoms with Crippen LogP contribution in [-0.2, 0) is 22.6 Å². The highest BCUT2D eigenvalue weighted by Gasteiger charge is 2.27. The predicted octanol–water partition coefficient (Wildman–Crippen LogP) is 2.82. The Morgan fingerprint density at radius 3 is 2.82 bits per heavy atom. The molecule has 0 radical (unpaired) electrons. The van der Waals surface area contributed by atoms with E-state index < -0.39 is 6.04 Å². The van der Waals surface area contributed by atoms with Gasteiger partial charge in [0, 0.05) is 18.4 Å². The zero-order valence-corrected chi connectivity index (χ0v) is 16.7. The van der Waals surface area contributed by atoms with Gasteiger partial charge in [-0.25, -0.2) is 0 Å². The summed E-state index contributed by atoms with van der Waals surface area (Å²) >= 11 is 0. The van der Waals surface area contributed by atoms with Crippen LogP contribution in [0.15, 0.2) is 60.4 Å². The molecular formula is C21H23N4O2P. The average Bonchev–Trinajstić information content (AvgIpc) is 3.10. The smallest absolute Gasteiger partial charge is 0.269 e. The minimum Gasteiger partial charge on any atom is -0.344 e. The molecule has 7 heteroatoms. The lowest BCUT2D eigenvalue weighted by molar-refractivity contribution is -0.124. The van der Waals surface area contributed by atoms with Crippen LogP contribution in [0.25, 0.3) is 0 Å². The van der Waals surface area contributed by atoms with E-state index in [4.69, 9.17) is 0 Å². The largest absolute Gasteiger partial charge is 0.344 e. The number of amides is 2. The lowest BCUT2D eigenvalue weighted by Gasteiger charge is -2.15. The second-order valence-electron chi connectivity index (χ2n) is 7.10. The van der Waals surface area contributed by atoms with Crippen LogP contribution in [0.3, 0.4) is 0 Å². The van der Waals surface area contributed by atoms with Gasteiger partial charge in [0.1, 0.15) is 11.7 Å². The maximum Gasteiger partial charge on any atom is 0.269 e. The number of carbonyl (C=O) groups excluding carboxylic acids is 2. The normalized spacial score (nSPS) is 19.3. The number of para-hydroxylation sites is 1. The third kappa shape index (κ3) is 4.18. The van der Waals surface area contributed by atoms with Crippen LogP contribution in [0.2, 0.25) is 0 Å². The molecule has 4 rings (SSSR count). The summed E-state index contributed by atoms with van der Waals surface area (Å²) in [5.74, 6) is -0.416. The highest BCUT2D eigenvalue weighted by atomic mass is 31.1. The Labute approximate surface area is 166 Å². The molecular weight excluding hydrogens is 371 g/mol. The molecule has 6 nitrogen and oxygen atoms in total. The standard InChI is InChI=1S/C21H23N4O2P/c1-14-6-8-15(9-7-14)12-25-13-19(24-28-25)21(27)23-18-11-10-16-4-2-3-5-17(16)22-20(18)26/h2-9,13,18,24,28H,10-12H2,1H3,(H,22,26)(H,23,27)/t18-/m0/s1. The minimum atomic E-state index is -0.544. The second kappa shape index (κ2) is 8.03. The van der Waals surface area contributed by atoms with Crippen molar-refractivity contribution >= 4 is 26.4 Å². The Balaban J connectivity index is 1.37. The highest BCUT2D eigenvalue weighted by molar-refractivity contribution is 7.33. The summed E-state index contributed by atoms with van der Waals surface area (Å²) in [6.45, 7) is 2.80. The zero-order chi connectivity index (χ0) is 19.5. The van der Waals surface area contributed by atoms with Crippen LogP contribution in [0.4, 0.5) is 5.69 Å². The van der Waals surface area contributed by atoms with Crippen molar-refractivity contribution in [1.82, 2.24) is 15.1 Å². The van der Waals surface area contributed by atoms with Crippen LogP contribution in [0.1, 0.15) is 23.1 Å². The van der Waals surface area contributed by atoms with E-state index in [-0.39, 0.29) is 11.8 Å². The molecule has 2 aromatic rings. The maximum absolute atomic E-state index is 12.6. The molecule has 0 aliphatic carbocycles. The van der Waals surface area contributed by atoms with Crippen molar-refractivity contribution in [2.24, 2.45) is 0 Å². The molecule has 2 aromatic carbocycles. The van der Waals surface area contributed by atoms with Gasteiger partial charge in [0.05, 0.1) is 8.88 Å². The molecule has 0 saturated heterocycles. The number of hydrogen-bond acceptors (Lipinski definition) is 4. The Morgan fingerprint density at radius 1 is 1.21 bits per heavy atom. The Bertz CT molecular complexity index is 926. The fraction of sp³-hybridized carbons (Fsp3) is 0.238. The van der Waals surface area contributed by atoms with Crippen molar-refractivity contribution in [3.05, 3.63) is 77.1 Å². The lowest BCUT2D eigenvalue weighted by atomic mass is 10.1. The molecule has 28 heavy (non-hydrogen) atoms. The van der Waals surface area contributed by atoms with E-state index in [2.05, 4.69) is 51.6 Å². The van der Waals surface area contributed by atoms with Crippen molar-refractivity contribution in [2.75, 3.05) is 5.32 Å². The van der Waals surface area contributed by atoms with Crippen LogP contribution >= 0.6 is 8.88 Å². The van der Waals surface area contributed by atoms with Gasteiger partial charge < -0.3 is 20.4 Å². The first-order valence-electron chi connectivity index (χ1n) is 9.34. The number of benzene rings is 2. The topological polar surface area (TPSA) is 73.5 Å². The molecule has 0 spiro atoms. The predicted molar refractivity (Wildman–Crippen MR) is 112 cm³/mol. The van der Waals surface area contributed by atoms with Crippen molar-refractivity contribution < 1.29 is 9.59 Å². The van der Waals surface area contributed by atoms with Gasteiger partial charge in [-0.05, 0) is 37.0 Å². The summed E-state index contributed by atoms with van der Waals surface area (Å²) in [4.78, 5) is 25.1. The third-order valence-electron chi connectivity index (χ3n) is 4.94. The molecule has 2 atom stereocenters. The van der Waals surface area contributed by atoms with Crippen LogP contribution in [0, 0.1) is 6.92 Å². The van der Waals surface area contributed by atoms with Gasteiger partial charge in [-0.3, -0.25) is 9.59 Å². The number of rotatable bonds is 4. The second-order valence-corrected chi connectivity index (χ2v) is 8.15. The molecule has 3 N–H and O–H groups in total. The Hall–Kier alpha value is -2.85. The third-order valence-corrected chi connectivity index (χ3v) is 5.89. The van der Waals surface area contributed by atoms with Gasteiger partial charge in [-0.2, -0.15) is 0 Å². The van der Waals surface area contributed by atoms with Crippen molar-refractivity contribution in [3.63, 3.8) is 0 Å². The van der Waals surface area contributed by atoms with Crippen LogP contribution in [-0.4, -0.2) is 22.5 Å². The molecule has 2 aliphatic heterocycles. The molecule has 1 unspecified atom stereocenters. The van der Waals surface area contributed by atoms with Crippen LogP contribution < -0.4 is 15.7 Å². The highest BCUT2D eigenvalue weighted by Crippen LogP contribution is 2.27. The number of fused-ring (bicyclic) bond motifs is 1. The van der Waals surface area contributed by atoms with Gasteiger partial charge in [-0.15, -0.1) is 0 Å². The van der Waals surface area contributed by atoms with E-state index in [1.54, 1.807) is 0 Å². The van der Waals surface area contributed by atoms with Gasteiger partial charge in [0.25, 0.3) is 5.91 Å². The van der Waals surface area contributed by atoms with Gasteiger partial charge in [0.2, 0.25) is 5.91 Å². The fourth-order valence-corrected chi connectivity index (χ4v) is 4.23. The van der Waals surface area contributed by atoms with E-state index in [1.165, 1.54) is 11.1 Å². The summed E-state index contributed by atoms with van der Waals surface area (Å²) < 4.78 is 2.07. The lowest BCUT2D eigenvalue weighted by Crippen LogP contribution is -2.44. The van der Waals surface area contributed by atoms with E-state index in [0.29, 0.717) is 21.0 Å². The van der Waals surface area contributed by atoms with E-state index in [9.17, 15) is 9.59 Å². The number of nitrogens with one attached hydrogen (secondary N) is 3. The summed E-state index contributed by atoms with van der Waals surface area (Å²) in [5.41, 5.74) is 4.84. The fourth-order valence-electron chi connectivity index (χ4n) is 3.33. The van der Waals surface area contributed by atoms with E-state index >= 15 is 0 Å². The molecule has 0 bridgehead atoms. The first-order chi connectivity index (χ1) is 13.6. The maximum atomic E-state index is 12.6. The van der Waals surface area contributed by atoms with E-state index in [0.717, 1.165) is 24.2 Å². The SMILES string of the molecule is Cc1ccc(CN2C=C(C(=O)N[C@H]3CCc4ccccc4NC3=O)NP2)cc1. The zero-order valence-electron chi connectivity index (χ0n) is 15.7. The summed E-state index contributed by atoms with van der Waals surface area (Å²) in [7, 11) is 0.303. The number of aryl methyl sites for hydroxylation is 2. The summed E-state index contributed by atoms with van der Waals surface area (Å²) in [6, 6.07) is 15.6. The molecule has 0 fully saturated rings. The number of hydrogen-bond donors (Lipinski definition) is 3. The molecule has 2 amide bonds. The molecule has 2 heterocycles. The Kier molecular flexibility index (Phi) is 5.31. The molecule has 0 aromatic heterocycles. The quantitative estimate of drug-likeness (QED) is 0.698. The van der Waals surface area contributed by atoms with Gasteiger partial charge in [0.15, 0.2) is 0 Å².